The Balaban J connectivity index is 1.68. The van der Waals surface area contributed by atoms with Crippen LogP contribution in [0.15, 0.2) is 42.5 Å². The first-order valence-electron chi connectivity index (χ1n) is 10.8. The van der Waals surface area contributed by atoms with E-state index >= 15 is 0 Å². The van der Waals surface area contributed by atoms with E-state index in [0.29, 0.717) is 23.9 Å². The van der Waals surface area contributed by atoms with Gasteiger partial charge in [0.2, 0.25) is 5.95 Å². The zero-order chi connectivity index (χ0) is 21.8. The Bertz CT molecular complexity index is 1060. The summed E-state index contributed by atoms with van der Waals surface area (Å²) in [6, 6.07) is 13.5. The Labute approximate surface area is 183 Å². The van der Waals surface area contributed by atoms with Crippen LogP contribution < -0.4 is 15.0 Å². The highest BCUT2D eigenvalue weighted by Crippen LogP contribution is 2.24. The lowest BCUT2D eigenvalue weighted by atomic mass is 10.1. The Morgan fingerprint density at radius 3 is 2.68 bits per heavy atom. The molecule has 3 aromatic rings. The minimum atomic E-state index is -0.244. The molecule has 0 aliphatic carbocycles. The van der Waals surface area contributed by atoms with Gasteiger partial charge in [0.25, 0.3) is 0 Å². The third-order valence-corrected chi connectivity index (χ3v) is 5.52. The maximum absolute atomic E-state index is 13.4. The molecule has 7 heteroatoms. The lowest BCUT2D eigenvalue weighted by molar-refractivity contribution is 0.256. The van der Waals surface area contributed by atoms with Gasteiger partial charge in [-0.3, -0.25) is 9.47 Å². The molecule has 0 saturated heterocycles. The lowest BCUT2D eigenvalue weighted by Crippen LogP contribution is -2.36. The predicted molar refractivity (Wildman–Crippen MR) is 122 cm³/mol. The van der Waals surface area contributed by atoms with Crippen molar-refractivity contribution in [3.8, 4) is 5.75 Å². The third-order valence-electron chi connectivity index (χ3n) is 5.52. The fourth-order valence-electron chi connectivity index (χ4n) is 4.14. The number of fused-ring (bicyclic) bond motifs is 1. The summed E-state index contributed by atoms with van der Waals surface area (Å²) >= 11 is 0. The van der Waals surface area contributed by atoms with E-state index in [0.717, 1.165) is 43.6 Å². The Kier molecular flexibility index (Phi) is 6.21. The van der Waals surface area contributed by atoms with Gasteiger partial charge in [-0.1, -0.05) is 41.8 Å². The van der Waals surface area contributed by atoms with E-state index in [1.165, 1.54) is 11.1 Å². The van der Waals surface area contributed by atoms with Crippen LogP contribution in [-0.2, 0) is 19.5 Å². The zero-order valence-corrected chi connectivity index (χ0v) is 18.4. The number of urea groups is 1. The number of methoxy groups -OCH3 is 1. The molecule has 0 bridgehead atoms. The topological polar surface area (TPSA) is 72.3 Å². The molecule has 0 radical (unpaired) electrons. The van der Waals surface area contributed by atoms with Gasteiger partial charge in [-0.05, 0) is 44.4 Å². The van der Waals surface area contributed by atoms with Crippen molar-refractivity contribution in [2.45, 2.75) is 52.6 Å². The molecule has 1 aliphatic heterocycles. The summed E-state index contributed by atoms with van der Waals surface area (Å²) in [6.45, 7) is 5.38. The first-order chi connectivity index (χ1) is 15.0. The van der Waals surface area contributed by atoms with Crippen molar-refractivity contribution in [1.82, 2.24) is 14.8 Å². The molecular weight excluding hydrogens is 390 g/mol. The van der Waals surface area contributed by atoms with Crippen molar-refractivity contribution >= 4 is 17.7 Å². The van der Waals surface area contributed by atoms with Crippen LogP contribution in [-0.4, -0.2) is 27.9 Å². The number of benzene rings is 2. The van der Waals surface area contributed by atoms with E-state index in [9.17, 15) is 4.79 Å². The predicted octanol–water partition coefficient (Wildman–Crippen LogP) is 4.87. The molecule has 2 heterocycles. The van der Waals surface area contributed by atoms with Gasteiger partial charge in [-0.2, -0.15) is 0 Å². The number of hydrogen-bond acceptors (Lipinski definition) is 4. The number of carbonyl (C=O) groups excluding carboxylic acids is 1. The Morgan fingerprint density at radius 2 is 1.90 bits per heavy atom. The molecule has 2 amide bonds. The molecule has 0 fully saturated rings. The number of nitrogens with zero attached hydrogens (tertiary/aromatic N) is 4. The Morgan fingerprint density at radius 1 is 1.10 bits per heavy atom. The second kappa shape index (κ2) is 9.20. The van der Waals surface area contributed by atoms with E-state index < -0.39 is 0 Å². The van der Waals surface area contributed by atoms with Crippen molar-refractivity contribution in [2.24, 2.45) is 0 Å². The summed E-state index contributed by atoms with van der Waals surface area (Å²) in [5, 5.41) is 11.8. The van der Waals surface area contributed by atoms with Gasteiger partial charge in [0, 0.05) is 24.7 Å². The molecule has 31 heavy (non-hydrogen) atoms. The van der Waals surface area contributed by atoms with Crippen LogP contribution in [0, 0.1) is 13.8 Å². The molecule has 1 aliphatic rings. The van der Waals surface area contributed by atoms with Gasteiger partial charge in [0.05, 0.1) is 13.7 Å². The highest BCUT2D eigenvalue weighted by Gasteiger charge is 2.25. The molecule has 0 saturated carbocycles. The van der Waals surface area contributed by atoms with Crippen LogP contribution in [0.25, 0.3) is 0 Å². The smallest absolute Gasteiger partial charge is 0.329 e. The molecular formula is C24H29N5O2. The summed E-state index contributed by atoms with van der Waals surface area (Å²) in [5.41, 5.74) is 4.07. The number of aromatic nitrogens is 3. The number of hydrogen-bond donors (Lipinski definition) is 1. The summed E-state index contributed by atoms with van der Waals surface area (Å²) in [5.74, 6) is 2.23. The number of carbonyl (C=O) groups is 1. The fourth-order valence-corrected chi connectivity index (χ4v) is 4.14. The monoisotopic (exact) mass is 419 g/mol. The largest absolute Gasteiger partial charge is 0.497 e. The van der Waals surface area contributed by atoms with Crippen molar-refractivity contribution in [1.29, 1.82) is 0 Å². The summed E-state index contributed by atoms with van der Waals surface area (Å²) in [6.07, 6.45) is 4.22. The number of nitrogens with one attached hydrogen (secondary N) is 1. The van der Waals surface area contributed by atoms with Gasteiger partial charge in [-0.15, -0.1) is 10.2 Å². The van der Waals surface area contributed by atoms with Gasteiger partial charge < -0.3 is 10.1 Å². The molecule has 0 atom stereocenters. The van der Waals surface area contributed by atoms with E-state index in [-0.39, 0.29) is 6.03 Å². The molecule has 0 spiro atoms. The average molecular weight is 420 g/mol. The number of aryl methyl sites for hydroxylation is 3. The highest BCUT2D eigenvalue weighted by atomic mass is 16.5. The van der Waals surface area contributed by atoms with Crippen LogP contribution in [0.4, 0.5) is 16.4 Å². The molecule has 162 valence electrons. The maximum Gasteiger partial charge on any atom is 0.329 e. The first kappa shape index (κ1) is 20.9. The number of anilines is 2. The van der Waals surface area contributed by atoms with Gasteiger partial charge in [0.15, 0.2) is 0 Å². The minimum absolute atomic E-state index is 0.244. The van der Waals surface area contributed by atoms with E-state index in [2.05, 4.69) is 52.1 Å². The average Bonchev–Trinajstić information content (AvgIpc) is 2.98. The number of rotatable bonds is 5. The highest BCUT2D eigenvalue weighted by molar-refractivity contribution is 6.00. The van der Waals surface area contributed by atoms with Crippen molar-refractivity contribution in [3.05, 3.63) is 65.0 Å². The maximum atomic E-state index is 13.4. The van der Waals surface area contributed by atoms with E-state index in [1.54, 1.807) is 18.1 Å². The molecule has 1 N–H and O–H groups in total. The second-order valence-corrected chi connectivity index (χ2v) is 8.12. The summed E-state index contributed by atoms with van der Waals surface area (Å²) in [7, 11) is 1.61. The molecule has 4 rings (SSSR count). The van der Waals surface area contributed by atoms with Crippen LogP contribution in [0.3, 0.4) is 0 Å². The number of ether oxygens (including phenoxy) is 1. The summed E-state index contributed by atoms with van der Waals surface area (Å²) < 4.78 is 7.39. The normalized spacial score (nSPS) is 13.3. The SMILES string of the molecule is COc1cccc(NC(=O)N(Cc2cc(C)cc(C)c2)c2nnc3n2CCCCC3)c1. The minimum Gasteiger partial charge on any atom is -0.497 e. The van der Waals surface area contributed by atoms with Crippen molar-refractivity contribution in [3.63, 3.8) is 0 Å². The first-order valence-corrected chi connectivity index (χ1v) is 10.8. The lowest BCUT2D eigenvalue weighted by Gasteiger charge is -2.23. The van der Waals surface area contributed by atoms with Gasteiger partial charge >= 0.3 is 6.03 Å². The molecule has 2 aromatic carbocycles. The van der Waals surface area contributed by atoms with E-state index in [1.807, 2.05) is 18.2 Å². The quantitative estimate of drug-likeness (QED) is 0.640. The van der Waals surface area contributed by atoms with E-state index in [4.69, 9.17) is 4.74 Å². The van der Waals surface area contributed by atoms with Gasteiger partial charge in [0.1, 0.15) is 11.6 Å². The van der Waals surface area contributed by atoms with Crippen LogP contribution in [0.5, 0.6) is 5.75 Å². The van der Waals surface area contributed by atoms with Crippen LogP contribution >= 0.6 is 0 Å². The Hall–Kier alpha value is -3.35. The van der Waals surface area contributed by atoms with Crippen molar-refractivity contribution < 1.29 is 9.53 Å². The summed E-state index contributed by atoms with van der Waals surface area (Å²) in [4.78, 5) is 15.1. The third kappa shape index (κ3) is 4.87. The zero-order valence-electron chi connectivity index (χ0n) is 18.4. The van der Waals surface area contributed by atoms with Crippen LogP contribution in [0.1, 0.15) is 41.8 Å². The van der Waals surface area contributed by atoms with Crippen molar-refractivity contribution in [2.75, 3.05) is 17.3 Å². The molecule has 7 nitrogen and oxygen atoms in total. The number of amides is 2. The molecule has 1 aromatic heterocycles. The second-order valence-electron chi connectivity index (χ2n) is 8.12. The molecule has 0 unspecified atom stereocenters. The standard InChI is InChI=1S/C24H29N5O2/c1-17-12-18(2)14-19(13-17)16-29(23-27-26-22-10-5-4-6-11-28(22)23)24(30)25-20-8-7-9-21(15-20)31-3/h7-9,12-15H,4-6,10-11,16H2,1-3H3,(H,25,30). The van der Waals surface area contributed by atoms with Crippen LogP contribution in [0.2, 0.25) is 0 Å². The fraction of sp³-hybridized carbons (Fsp3) is 0.375. The van der Waals surface area contributed by atoms with Gasteiger partial charge in [-0.25, -0.2) is 4.79 Å².